The van der Waals surface area contributed by atoms with E-state index in [1.807, 2.05) is 0 Å². The zero-order valence-electron chi connectivity index (χ0n) is 10.9. The van der Waals surface area contributed by atoms with Gasteiger partial charge in [0.25, 0.3) is 0 Å². The fourth-order valence-corrected chi connectivity index (χ4v) is 2.48. The lowest BCUT2D eigenvalue weighted by Crippen LogP contribution is -2.42. The molecule has 0 aliphatic heterocycles. The highest BCUT2D eigenvalue weighted by Gasteiger charge is 2.20. The molecular weight excluding hydrogens is 267 g/mol. The maximum Gasteiger partial charge on any atom is 0.242 e. The number of carbonyl (C=O) groups excluding carboxylic acids is 1. The molecule has 0 bridgehead atoms. The van der Waals surface area contributed by atoms with Crippen molar-refractivity contribution in [3.05, 3.63) is 29.0 Å². The lowest BCUT2D eigenvalue weighted by molar-refractivity contribution is -0.122. The summed E-state index contributed by atoms with van der Waals surface area (Å²) in [6.07, 6.45) is 4.47. The molecule has 1 aliphatic carbocycles. The van der Waals surface area contributed by atoms with Crippen LogP contribution in [-0.2, 0) is 4.79 Å². The molecule has 1 aliphatic rings. The van der Waals surface area contributed by atoms with E-state index < -0.39 is 5.82 Å². The van der Waals surface area contributed by atoms with Crippen LogP contribution in [-0.4, -0.2) is 18.0 Å². The molecule has 1 fully saturated rings. The quantitative estimate of drug-likeness (QED) is 0.890. The van der Waals surface area contributed by atoms with E-state index in [-0.39, 0.29) is 17.0 Å². The number of halogens is 2. The molecular formula is C14H18ClFN2O. The van der Waals surface area contributed by atoms with E-state index in [0.29, 0.717) is 11.7 Å². The Kier molecular flexibility index (Phi) is 4.64. The SMILES string of the molecule is C[C@@H](Nc1ccc(F)c(Cl)c1)C(=O)NC1CCCC1. The Hall–Kier alpha value is -1.29. The van der Waals surface area contributed by atoms with Crippen molar-refractivity contribution >= 4 is 23.2 Å². The second kappa shape index (κ2) is 6.24. The van der Waals surface area contributed by atoms with Crippen molar-refractivity contribution in [2.24, 2.45) is 0 Å². The molecule has 0 spiro atoms. The van der Waals surface area contributed by atoms with Crippen molar-refractivity contribution in [2.75, 3.05) is 5.32 Å². The number of amides is 1. The first kappa shape index (κ1) is 14.1. The first-order chi connectivity index (χ1) is 9.06. The number of carbonyl (C=O) groups is 1. The highest BCUT2D eigenvalue weighted by Crippen LogP contribution is 2.20. The van der Waals surface area contributed by atoms with Gasteiger partial charge in [-0.05, 0) is 38.0 Å². The van der Waals surface area contributed by atoms with Crippen LogP contribution < -0.4 is 10.6 Å². The summed E-state index contributed by atoms with van der Waals surface area (Å²) in [4.78, 5) is 12.0. The smallest absolute Gasteiger partial charge is 0.242 e. The average Bonchev–Trinajstić information content (AvgIpc) is 2.86. The van der Waals surface area contributed by atoms with E-state index in [2.05, 4.69) is 10.6 Å². The van der Waals surface area contributed by atoms with Gasteiger partial charge in [0.05, 0.1) is 5.02 Å². The van der Waals surface area contributed by atoms with Crippen LogP contribution in [0.2, 0.25) is 5.02 Å². The predicted molar refractivity (Wildman–Crippen MR) is 74.9 cm³/mol. The molecule has 1 aromatic carbocycles. The van der Waals surface area contributed by atoms with Crippen molar-refractivity contribution in [3.8, 4) is 0 Å². The average molecular weight is 285 g/mol. The van der Waals surface area contributed by atoms with Crippen LogP contribution in [0.15, 0.2) is 18.2 Å². The van der Waals surface area contributed by atoms with Gasteiger partial charge in [-0.25, -0.2) is 4.39 Å². The highest BCUT2D eigenvalue weighted by atomic mass is 35.5. The molecule has 1 aromatic rings. The van der Waals surface area contributed by atoms with Crippen molar-refractivity contribution in [3.63, 3.8) is 0 Å². The Morgan fingerprint density at radius 3 is 2.74 bits per heavy atom. The number of rotatable bonds is 4. The zero-order valence-corrected chi connectivity index (χ0v) is 11.6. The van der Waals surface area contributed by atoms with Crippen molar-refractivity contribution in [1.82, 2.24) is 5.32 Å². The van der Waals surface area contributed by atoms with Crippen molar-refractivity contribution in [1.29, 1.82) is 0 Å². The van der Waals surface area contributed by atoms with Crippen LogP contribution in [0, 0.1) is 5.82 Å². The van der Waals surface area contributed by atoms with Crippen LogP contribution >= 0.6 is 11.6 Å². The van der Waals surface area contributed by atoms with Crippen LogP contribution in [0.5, 0.6) is 0 Å². The molecule has 2 rings (SSSR count). The van der Waals surface area contributed by atoms with Gasteiger partial charge in [0, 0.05) is 11.7 Å². The van der Waals surface area contributed by atoms with Gasteiger partial charge in [0.15, 0.2) is 0 Å². The van der Waals surface area contributed by atoms with Crippen LogP contribution in [0.25, 0.3) is 0 Å². The number of anilines is 1. The van der Waals surface area contributed by atoms with E-state index in [1.165, 1.54) is 25.0 Å². The molecule has 1 saturated carbocycles. The summed E-state index contributed by atoms with van der Waals surface area (Å²) >= 11 is 5.70. The summed E-state index contributed by atoms with van der Waals surface area (Å²) in [5.41, 5.74) is 0.639. The molecule has 0 unspecified atom stereocenters. The maximum absolute atomic E-state index is 13.0. The molecule has 2 N–H and O–H groups in total. The van der Waals surface area contributed by atoms with Gasteiger partial charge in [0.2, 0.25) is 5.91 Å². The molecule has 5 heteroatoms. The Balaban J connectivity index is 1.90. The zero-order chi connectivity index (χ0) is 13.8. The molecule has 1 atom stereocenters. The normalized spacial score (nSPS) is 17.2. The molecule has 1 amide bonds. The van der Waals surface area contributed by atoms with Gasteiger partial charge < -0.3 is 10.6 Å². The monoisotopic (exact) mass is 284 g/mol. The topological polar surface area (TPSA) is 41.1 Å². The summed E-state index contributed by atoms with van der Waals surface area (Å²) in [5, 5.41) is 6.09. The summed E-state index contributed by atoms with van der Waals surface area (Å²) in [5.74, 6) is -0.498. The summed E-state index contributed by atoms with van der Waals surface area (Å²) in [6, 6.07) is 4.26. The molecule has 104 valence electrons. The van der Waals surface area contributed by atoms with Crippen LogP contribution in [0.3, 0.4) is 0 Å². The first-order valence-corrected chi connectivity index (χ1v) is 6.96. The van der Waals surface area contributed by atoms with Crippen molar-refractivity contribution in [2.45, 2.75) is 44.7 Å². The fourth-order valence-electron chi connectivity index (χ4n) is 2.30. The number of hydrogen-bond acceptors (Lipinski definition) is 2. The minimum atomic E-state index is -0.463. The maximum atomic E-state index is 13.0. The van der Waals surface area contributed by atoms with Gasteiger partial charge >= 0.3 is 0 Å². The largest absolute Gasteiger partial charge is 0.374 e. The van der Waals surface area contributed by atoms with Crippen molar-refractivity contribution < 1.29 is 9.18 Å². The Morgan fingerprint density at radius 1 is 1.42 bits per heavy atom. The molecule has 3 nitrogen and oxygen atoms in total. The van der Waals surface area contributed by atoms with Crippen LogP contribution in [0.1, 0.15) is 32.6 Å². The Labute approximate surface area is 117 Å². The molecule has 0 saturated heterocycles. The van der Waals surface area contributed by atoms with Gasteiger partial charge in [-0.1, -0.05) is 24.4 Å². The van der Waals surface area contributed by atoms with Crippen LogP contribution in [0.4, 0.5) is 10.1 Å². The number of hydrogen-bond donors (Lipinski definition) is 2. The molecule has 0 heterocycles. The predicted octanol–water partition coefficient (Wildman–Crippen LogP) is 3.34. The third-order valence-corrected chi connectivity index (χ3v) is 3.69. The molecule has 0 radical (unpaired) electrons. The Morgan fingerprint density at radius 2 is 2.11 bits per heavy atom. The van der Waals surface area contributed by atoms with E-state index in [9.17, 15) is 9.18 Å². The van der Waals surface area contributed by atoms with Gasteiger partial charge in [-0.2, -0.15) is 0 Å². The van der Waals surface area contributed by atoms with Gasteiger partial charge in [0.1, 0.15) is 11.9 Å². The lowest BCUT2D eigenvalue weighted by Gasteiger charge is -2.18. The van der Waals surface area contributed by atoms with E-state index in [0.717, 1.165) is 12.8 Å². The lowest BCUT2D eigenvalue weighted by atomic mass is 10.2. The summed E-state index contributed by atoms with van der Waals surface area (Å²) < 4.78 is 13.0. The second-order valence-electron chi connectivity index (χ2n) is 4.98. The van der Waals surface area contributed by atoms with E-state index in [4.69, 9.17) is 11.6 Å². The second-order valence-corrected chi connectivity index (χ2v) is 5.39. The van der Waals surface area contributed by atoms with Gasteiger partial charge in [-0.15, -0.1) is 0 Å². The fraction of sp³-hybridized carbons (Fsp3) is 0.500. The Bertz CT molecular complexity index is 461. The standard InChI is InChI=1S/C14H18ClFN2O/c1-9(14(19)18-10-4-2-3-5-10)17-11-6-7-13(16)12(15)8-11/h6-10,17H,2-5H2,1H3,(H,18,19)/t9-/m1/s1. The number of nitrogens with one attached hydrogen (secondary N) is 2. The third-order valence-electron chi connectivity index (χ3n) is 3.40. The minimum absolute atomic E-state index is 0.0349. The van der Waals surface area contributed by atoms with E-state index in [1.54, 1.807) is 13.0 Å². The highest BCUT2D eigenvalue weighted by molar-refractivity contribution is 6.31. The number of benzene rings is 1. The van der Waals surface area contributed by atoms with E-state index >= 15 is 0 Å². The molecule has 19 heavy (non-hydrogen) atoms. The summed E-state index contributed by atoms with van der Waals surface area (Å²) in [7, 11) is 0. The third kappa shape index (κ3) is 3.83. The summed E-state index contributed by atoms with van der Waals surface area (Å²) in [6.45, 7) is 1.78. The minimum Gasteiger partial charge on any atom is -0.374 e. The first-order valence-electron chi connectivity index (χ1n) is 6.58. The molecule has 0 aromatic heterocycles. The van der Waals surface area contributed by atoms with Gasteiger partial charge in [-0.3, -0.25) is 4.79 Å².